The number of carboxylic acids is 1. The Hall–Kier alpha value is -3.13. The molecule has 0 atom stereocenters. The monoisotopic (exact) mass is 398 g/mol. The third-order valence-electron chi connectivity index (χ3n) is 5.73. The molecule has 1 aliphatic carbocycles. The number of fused-ring (bicyclic) bond motifs is 1. The number of aryl methyl sites for hydroxylation is 1. The maximum absolute atomic E-state index is 10.8. The van der Waals surface area contributed by atoms with Crippen LogP contribution in [0.1, 0.15) is 61.9 Å². The first-order valence-corrected chi connectivity index (χ1v) is 10.4. The number of allylic oxidation sites excluding steroid dienone is 6. The molecule has 2 aromatic carbocycles. The summed E-state index contributed by atoms with van der Waals surface area (Å²) in [6.45, 7) is 10.6. The number of carboxylic acid groups (broad SMARTS) is 1. The normalized spacial score (nSPS) is 16.4. The minimum atomic E-state index is -0.925. The number of hydrogen-bond donors (Lipinski definition) is 1. The van der Waals surface area contributed by atoms with Crippen LogP contribution in [0.25, 0.3) is 11.1 Å². The second kappa shape index (κ2) is 8.71. The number of rotatable bonds is 5. The lowest BCUT2D eigenvalue weighted by Gasteiger charge is -2.33. The summed E-state index contributed by atoms with van der Waals surface area (Å²) in [6, 6.07) is 15.5. The van der Waals surface area contributed by atoms with Crippen molar-refractivity contribution in [2.24, 2.45) is 0 Å². The lowest BCUT2D eigenvalue weighted by atomic mass is 9.71. The third-order valence-corrected chi connectivity index (χ3v) is 5.73. The maximum atomic E-state index is 10.8. The van der Waals surface area contributed by atoms with Crippen molar-refractivity contribution in [1.82, 2.24) is 0 Å². The van der Waals surface area contributed by atoms with Crippen LogP contribution in [0.3, 0.4) is 0 Å². The molecule has 30 heavy (non-hydrogen) atoms. The number of aliphatic carboxylic acids is 1. The molecule has 1 aliphatic rings. The Labute approximate surface area is 180 Å². The Morgan fingerprint density at radius 3 is 2.43 bits per heavy atom. The molecule has 1 N–H and O–H groups in total. The molecule has 154 valence electrons. The molecule has 0 unspecified atom stereocenters. The summed E-state index contributed by atoms with van der Waals surface area (Å²) in [5.74, 6) is -0.925. The molecule has 0 heterocycles. The summed E-state index contributed by atoms with van der Waals surface area (Å²) in [4.78, 5) is 10.8. The molecular formula is C28H30O2. The minimum Gasteiger partial charge on any atom is -0.478 e. The van der Waals surface area contributed by atoms with Gasteiger partial charge in [-0.15, -0.1) is 0 Å². The fourth-order valence-corrected chi connectivity index (χ4v) is 3.87. The third kappa shape index (κ3) is 4.88. The van der Waals surface area contributed by atoms with Gasteiger partial charge in [-0.25, -0.2) is 4.79 Å². The van der Waals surface area contributed by atoms with E-state index in [2.05, 4.69) is 76.2 Å². The fourth-order valence-electron chi connectivity index (χ4n) is 3.87. The van der Waals surface area contributed by atoms with Crippen LogP contribution in [0.15, 0.2) is 78.4 Å². The van der Waals surface area contributed by atoms with E-state index in [0.29, 0.717) is 5.57 Å². The van der Waals surface area contributed by atoms with E-state index in [4.69, 9.17) is 5.11 Å². The Balaban J connectivity index is 1.99. The first-order chi connectivity index (χ1) is 14.2. The van der Waals surface area contributed by atoms with Crippen LogP contribution >= 0.6 is 0 Å². The number of benzene rings is 2. The zero-order valence-electron chi connectivity index (χ0n) is 18.5. The van der Waals surface area contributed by atoms with E-state index in [9.17, 15) is 4.79 Å². The van der Waals surface area contributed by atoms with Gasteiger partial charge in [-0.2, -0.15) is 0 Å². The molecule has 0 radical (unpaired) electrons. The molecule has 0 bridgehead atoms. The van der Waals surface area contributed by atoms with Crippen LogP contribution in [0.4, 0.5) is 0 Å². The fraction of sp³-hybridized carbons (Fsp3) is 0.250. The topological polar surface area (TPSA) is 37.3 Å². The molecule has 2 nitrogen and oxygen atoms in total. The van der Waals surface area contributed by atoms with E-state index >= 15 is 0 Å². The van der Waals surface area contributed by atoms with Crippen molar-refractivity contribution in [2.75, 3.05) is 0 Å². The van der Waals surface area contributed by atoms with Crippen molar-refractivity contribution in [1.29, 1.82) is 0 Å². The molecule has 0 spiro atoms. The van der Waals surface area contributed by atoms with Crippen molar-refractivity contribution in [3.8, 4) is 0 Å². The largest absolute Gasteiger partial charge is 0.478 e. The average Bonchev–Trinajstić information content (AvgIpc) is 2.68. The van der Waals surface area contributed by atoms with Crippen LogP contribution < -0.4 is 0 Å². The zero-order valence-corrected chi connectivity index (χ0v) is 18.5. The second-order valence-corrected chi connectivity index (χ2v) is 8.77. The highest BCUT2D eigenvalue weighted by molar-refractivity contribution is 5.85. The van der Waals surface area contributed by atoms with Crippen LogP contribution in [-0.2, 0) is 10.2 Å². The van der Waals surface area contributed by atoms with Crippen LogP contribution in [0.5, 0.6) is 0 Å². The highest BCUT2D eigenvalue weighted by Crippen LogP contribution is 2.42. The highest BCUT2D eigenvalue weighted by atomic mass is 16.4. The number of carbonyl (C=O) groups is 1. The summed E-state index contributed by atoms with van der Waals surface area (Å²) in [5.41, 5.74) is 9.64. The van der Waals surface area contributed by atoms with Crippen molar-refractivity contribution in [3.05, 3.63) is 106 Å². The van der Waals surface area contributed by atoms with Crippen molar-refractivity contribution in [3.63, 3.8) is 0 Å². The standard InChI is InChI=1S/C28H30O2/c1-19-9-11-22(12-10-19)24-15-16-28(4,5)26-14-13-23(18-25(24)26)21(3)8-6-7-20(2)17-27(29)30/h6-15,17-18H,16H2,1-5H3,(H,29,30)/b7-6+,20-17+,21-8+. The lowest BCUT2D eigenvalue weighted by molar-refractivity contribution is -0.131. The molecule has 0 saturated heterocycles. The molecule has 0 fully saturated rings. The van der Waals surface area contributed by atoms with E-state index in [1.807, 2.05) is 18.2 Å². The predicted octanol–water partition coefficient (Wildman–Crippen LogP) is 7.10. The summed E-state index contributed by atoms with van der Waals surface area (Å²) < 4.78 is 0. The van der Waals surface area contributed by atoms with Crippen LogP contribution in [-0.4, -0.2) is 11.1 Å². The lowest BCUT2D eigenvalue weighted by Crippen LogP contribution is -2.22. The summed E-state index contributed by atoms with van der Waals surface area (Å²) in [7, 11) is 0. The van der Waals surface area contributed by atoms with Gasteiger partial charge in [0.2, 0.25) is 0 Å². The molecule has 2 aromatic rings. The Morgan fingerprint density at radius 2 is 1.77 bits per heavy atom. The van der Waals surface area contributed by atoms with Gasteiger partial charge in [0.05, 0.1) is 0 Å². The minimum absolute atomic E-state index is 0.109. The van der Waals surface area contributed by atoms with Gasteiger partial charge in [0.1, 0.15) is 0 Å². The quantitative estimate of drug-likeness (QED) is 0.431. The van der Waals surface area contributed by atoms with E-state index in [1.165, 1.54) is 39.5 Å². The Morgan fingerprint density at radius 1 is 1.07 bits per heavy atom. The SMILES string of the molecule is CC(/C=C/C=C(\C)c1ccc2c(c1)C(c1ccc(C)cc1)=CCC2(C)C)=C\C(=O)O. The Kier molecular flexibility index (Phi) is 6.26. The highest BCUT2D eigenvalue weighted by Gasteiger charge is 2.28. The molecule has 3 rings (SSSR count). The van der Waals surface area contributed by atoms with Gasteiger partial charge in [0.15, 0.2) is 0 Å². The van der Waals surface area contributed by atoms with Gasteiger partial charge in [0.25, 0.3) is 0 Å². The zero-order chi connectivity index (χ0) is 21.9. The molecule has 0 amide bonds. The first-order valence-electron chi connectivity index (χ1n) is 10.4. The smallest absolute Gasteiger partial charge is 0.328 e. The van der Waals surface area contributed by atoms with E-state index < -0.39 is 5.97 Å². The van der Waals surface area contributed by atoms with Crippen LogP contribution in [0.2, 0.25) is 0 Å². The molecule has 0 aliphatic heterocycles. The van der Waals surface area contributed by atoms with Crippen molar-refractivity contribution >= 4 is 17.1 Å². The summed E-state index contributed by atoms with van der Waals surface area (Å²) >= 11 is 0. The van der Waals surface area contributed by atoms with E-state index in [-0.39, 0.29) is 5.41 Å². The summed E-state index contributed by atoms with van der Waals surface area (Å²) in [5, 5.41) is 8.83. The molecule has 0 saturated carbocycles. The molecule has 0 aromatic heterocycles. The molecule has 2 heteroatoms. The predicted molar refractivity (Wildman–Crippen MR) is 127 cm³/mol. The van der Waals surface area contributed by atoms with E-state index in [0.717, 1.165) is 12.0 Å². The van der Waals surface area contributed by atoms with Gasteiger partial charge in [-0.05, 0) is 77.6 Å². The first kappa shape index (κ1) is 21.6. The van der Waals surface area contributed by atoms with Gasteiger partial charge in [0, 0.05) is 6.08 Å². The van der Waals surface area contributed by atoms with Gasteiger partial charge >= 0.3 is 5.97 Å². The van der Waals surface area contributed by atoms with E-state index in [1.54, 1.807) is 6.92 Å². The molecular weight excluding hydrogens is 368 g/mol. The van der Waals surface area contributed by atoms with Gasteiger partial charge in [-0.3, -0.25) is 0 Å². The summed E-state index contributed by atoms with van der Waals surface area (Å²) in [6.07, 6.45) is 10.4. The Bertz CT molecular complexity index is 1070. The number of hydrogen-bond acceptors (Lipinski definition) is 1. The van der Waals surface area contributed by atoms with Crippen molar-refractivity contribution in [2.45, 2.75) is 46.5 Å². The van der Waals surface area contributed by atoms with Crippen LogP contribution in [0, 0.1) is 6.92 Å². The average molecular weight is 399 g/mol. The van der Waals surface area contributed by atoms with Gasteiger partial charge < -0.3 is 5.11 Å². The van der Waals surface area contributed by atoms with Gasteiger partial charge in [-0.1, -0.05) is 80.1 Å². The second-order valence-electron chi connectivity index (χ2n) is 8.77. The maximum Gasteiger partial charge on any atom is 0.328 e. The van der Waals surface area contributed by atoms with Crippen molar-refractivity contribution < 1.29 is 9.90 Å².